The van der Waals surface area contributed by atoms with E-state index in [0.717, 1.165) is 66.1 Å². The molecule has 4 heterocycles. The van der Waals surface area contributed by atoms with Gasteiger partial charge in [-0.25, -0.2) is 9.97 Å². The van der Waals surface area contributed by atoms with Crippen molar-refractivity contribution >= 4 is 11.7 Å². The monoisotopic (exact) mass is 433 g/mol. The van der Waals surface area contributed by atoms with Crippen LogP contribution in [-0.2, 0) is 6.54 Å². The quantitative estimate of drug-likeness (QED) is 0.554. The summed E-state index contributed by atoms with van der Waals surface area (Å²) in [6, 6.07) is 9.83. The second kappa shape index (κ2) is 8.63. The van der Waals surface area contributed by atoms with Gasteiger partial charge in [-0.3, -0.25) is 9.69 Å². The summed E-state index contributed by atoms with van der Waals surface area (Å²) in [5, 5.41) is 0. The van der Waals surface area contributed by atoms with Crippen LogP contribution in [0.3, 0.4) is 0 Å². The van der Waals surface area contributed by atoms with Crippen LogP contribution in [0, 0.1) is 13.8 Å². The van der Waals surface area contributed by atoms with Gasteiger partial charge in [0, 0.05) is 62.1 Å². The van der Waals surface area contributed by atoms with Gasteiger partial charge in [-0.1, -0.05) is 6.07 Å². The number of carbonyl (C=O) groups is 1. The second-order valence-corrected chi connectivity index (χ2v) is 8.29. The molecule has 5 rings (SSSR count). The molecule has 32 heavy (non-hydrogen) atoms. The van der Waals surface area contributed by atoms with Crippen molar-refractivity contribution in [3.8, 4) is 11.5 Å². The highest BCUT2D eigenvalue weighted by Crippen LogP contribution is 2.33. The van der Waals surface area contributed by atoms with Gasteiger partial charge in [0.05, 0.1) is 6.54 Å². The number of ketones is 1. The van der Waals surface area contributed by atoms with Gasteiger partial charge < -0.3 is 18.9 Å². The van der Waals surface area contributed by atoms with Crippen LogP contribution >= 0.6 is 0 Å². The van der Waals surface area contributed by atoms with Crippen molar-refractivity contribution in [2.45, 2.75) is 20.4 Å². The van der Waals surface area contributed by atoms with Crippen molar-refractivity contribution in [3.05, 3.63) is 65.2 Å². The molecular formula is C24H27N5O3. The van der Waals surface area contributed by atoms with Crippen molar-refractivity contribution in [1.82, 2.24) is 19.4 Å². The van der Waals surface area contributed by atoms with Crippen molar-refractivity contribution in [1.29, 1.82) is 0 Å². The van der Waals surface area contributed by atoms with Crippen LogP contribution in [0.5, 0.6) is 11.5 Å². The predicted octanol–water partition coefficient (Wildman–Crippen LogP) is 2.68. The Kier molecular flexibility index (Phi) is 5.53. The zero-order chi connectivity index (χ0) is 22.1. The molecule has 0 spiro atoms. The Morgan fingerprint density at radius 2 is 1.75 bits per heavy atom. The number of aryl methyl sites for hydroxylation is 1. The predicted molar refractivity (Wildman–Crippen MR) is 121 cm³/mol. The van der Waals surface area contributed by atoms with Gasteiger partial charge in [-0.15, -0.1) is 0 Å². The smallest absolute Gasteiger partial charge is 0.231 e. The first kappa shape index (κ1) is 20.5. The average Bonchev–Trinajstić information content (AvgIpc) is 3.39. The molecule has 2 aliphatic rings. The van der Waals surface area contributed by atoms with Crippen LogP contribution in [0.4, 0.5) is 5.95 Å². The molecule has 0 saturated carbocycles. The molecule has 2 aliphatic heterocycles. The molecule has 0 radical (unpaired) electrons. The van der Waals surface area contributed by atoms with E-state index in [4.69, 9.17) is 9.47 Å². The number of nitrogens with zero attached hydrogens (tertiary/aromatic N) is 5. The first-order valence-corrected chi connectivity index (χ1v) is 10.9. The molecule has 0 aliphatic carbocycles. The molecule has 1 saturated heterocycles. The fourth-order valence-electron chi connectivity index (χ4n) is 4.40. The maximum atomic E-state index is 13.1. The number of Topliss-reactive ketones (excluding diaryl/α,β-unsaturated/α-hetero) is 1. The van der Waals surface area contributed by atoms with E-state index in [1.54, 1.807) is 12.4 Å². The largest absolute Gasteiger partial charge is 0.454 e. The number of ether oxygens (including phenoxy) is 2. The lowest BCUT2D eigenvalue weighted by molar-refractivity contribution is 0.0925. The third-order valence-electron chi connectivity index (χ3n) is 6.23. The van der Waals surface area contributed by atoms with Crippen LogP contribution in [0.25, 0.3) is 0 Å². The van der Waals surface area contributed by atoms with Gasteiger partial charge in [0.15, 0.2) is 17.3 Å². The molecule has 1 aromatic carbocycles. The van der Waals surface area contributed by atoms with Crippen LogP contribution in [-0.4, -0.2) is 64.7 Å². The minimum absolute atomic E-state index is 0.166. The fourth-order valence-corrected chi connectivity index (χ4v) is 4.40. The summed E-state index contributed by atoms with van der Waals surface area (Å²) in [6.07, 6.45) is 3.52. The first-order chi connectivity index (χ1) is 15.6. The number of hydrogen-bond donors (Lipinski definition) is 0. The molecule has 0 unspecified atom stereocenters. The number of fused-ring (bicyclic) bond motifs is 1. The minimum atomic E-state index is 0.166. The number of aromatic nitrogens is 3. The molecule has 166 valence electrons. The van der Waals surface area contributed by atoms with E-state index >= 15 is 0 Å². The normalized spacial score (nSPS) is 15.9. The molecule has 0 amide bonds. The van der Waals surface area contributed by atoms with Gasteiger partial charge >= 0.3 is 0 Å². The highest BCUT2D eigenvalue weighted by Gasteiger charge is 2.23. The van der Waals surface area contributed by atoms with Crippen LogP contribution < -0.4 is 14.4 Å². The topological polar surface area (TPSA) is 72.7 Å². The molecule has 2 aromatic heterocycles. The van der Waals surface area contributed by atoms with E-state index in [9.17, 15) is 4.79 Å². The number of hydrogen-bond acceptors (Lipinski definition) is 7. The van der Waals surface area contributed by atoms with Gasteiger partial charge in [0.25, 0.3) is 0 Å². The summed E-state index contributed by atoms with van der Waals surface area (Å²) < 4.78 is 13.1. The average molecular weight is 434 g/mol. The highest BCUT2D eigenvalue weighted by molar-refractivity contribution is 5.99. The summed E-state index contributed by atoms with van der Waals surface area (Å²) >= 11 is 0. The number of piperazine rings is 1. The third-order valence-corrected chi connectivity index (χ3v) is 6.23. The maximum absolute atomic E-state index is 13.1. The van der Waals surface area contributed by atoms with Gasteiger partial charge in [0.2, 0.25) is 12.7 Å². The summed E-state index contributed by atoms with van der Waals surface area (Å²) in [5.74, 6) is 2.48. The molecule has 0 bridgehead atoms. The van der Waals surface area contributed by atoms with E-state index in [1.165, 1.54) is 0 Å². The summed E-state index contributed by atoms with van der Waals surface area (Å²) in [7, 11) is 0. The van der Waals surface area contributed by atoms with Gasteiger partial charge in [-0.05, 0) is 43.7 Å². The van der Waals surface area contributed by atoms with E-state index in [2.05, 4.69) is 31.3 Å². The molecule has 8 heteroatoms. The lowest BCUT2D eigenvalue weighted by atomic mass is 10.1. The van der Waals surface area contributed by atoms with Crippen LogP contribution in [0.2, 0.25) is 0 Å². The van der Waals surface area contributed by atoms with Crippen molar-refractivity contribution in [2.75, 3.05) is 44.4 Å². The number of carbonyl (C=O) groups excluding carboxylic acids is 1. The first-order valence-electron chi connectivity index (χ1n) is 10.9. The van der Waals surface area contributed by atoms with Crippen molar-refractivity contribution in [2.24, 2.45) is 0 Å². The molecule has 0 N–H and O–H groups in total. The number of benzene rings is 1. The summed E-state index contributed by atoms with van der Waals surface area (Å²) in [6.45, 7) is 8.74. The third kappa shape index (κ3) is 4.05. The maximum Gasteiger partial charge on any atom is 0.231 e. The van der Waals surface area contributed by atoms with E-state index in [1.807, 2.05) is 37.3 Å². The zero-order valence-corrected chi connectivity index (χ0v) is 18.5. The molecule has 1 fully saturated rings. The van der Waals surface area contributed by atoms with E-state index in [0.29, 0.717) is 13.1 Å². The van der Waals surface area contributed by atoms with E-state index < -0.39 is 0 Å². The molecule has 3 aromatic rings. The Bertz CT molecular complexity index is 1120. The standard InChI is InChI=1S/C24H27N5O3/c1-17-12-20(18(2)29(17)14-19-4-5-22-23(13-19)32-16-31-22)21(30)15-27-8-10-28(11-9-27)24-25-6-3-7-26-24/h3-7,12-13H,8-11,14-16H2,1-2H3. The van der Waals surface area contributed by atoms with Crippen molar-refractivity contribution in [3.63, 3.8) is 0 Å². The van der Waals surface area contributed by atoms with Gasteiger partial charge in [-0.2, -0.15) is 0 Å². The number of anilines is 1. The fraction of sp³-hybridized carbons (Fsp3) is 0.375. The Morgan fingerprint density at radius 3 is 2.53 bits per heavy atom. The molecule has 0 atom stereocenters. The van der Waals surface area contributed by atoms with E-state index in [-0.39, 0.29) is 12.6 Å². The van der Waals surface area contributed by atoms with Crippen molar-refractivity contribution < 1.29 is 14.3 Å². The molecule has 8 nitrogen and oxygen atoms in total. The highest BCUT2D eigenvalue weighted by atomic mass is 16.7. The molecular weight excluding hydrogens is 406 g/mol. The Morgan fingerprint density at radius 1 is 1.00 bits per heavy atom. The zero-order valence-electron chi connectivity index (χ0n) is 18.5. The van der Waals surface area contributed by atoms with Gasteiger partial charge in [0.1, 0.15) is 0 Å². The lowest BCUT2D eigenvalue weighted by Gasteiger charge is -2.34. The Balaban J connectivity index is 1.23. The SMILES string of the molecule is Cc1cc(C(=O)CN2CCN(c3ncccn3)CC2)c(C)n1Cc1ccc2c(c1)OCO2. The summed E-state index contributed by atoms with van der Waals surface area (Å²) in [4.78, 5) is 26.2. The number of rotatable bonds is 6. The lowest BCUT2D eigenvalue weighted by Crippen LogP contribution is -2.48. The van der Waals surface area contributed by atoms with Crippen LogP contribution in [0.15, 0.2) is 42.7 Å². The van der Waals surface area contributed by atoms with Crippen LogP contribution in [0.1, 0.15) is 27.3 Å². The minimum Gasteiger partial charge on any atom is -0.454 e. The second-order valence-electron chi connectivity index (χ2n) is 8.29. The Labute approximate surface area is 187 Å². The Hall–Kier alpha value is -3.39. The summed E-state index contributed by atoms with van der Waals surface area (Å²) in [5.41, 5.74) is 4.00.